The van der Waals surface area contributed by atoms with Crippen LogP contribution in [0.2, 0.25) is 0 Å². The third-order valence-corrected chi connectivity index (χ3v) is 2.55. The van der Waals surface area contributed by atoms with Crippen molar-refractivity contribution in [1.29, 1.82) is 0 Å². The molecule has 8 heteroatoms. The molecule has 1 rings (SSSR count). The van der Waals surface area contributed by atoms with Crippen LogP contribution >= 0.6 is 11.6 Å². The van der Waals surface area contributed by atoms with Gasteiger partial charge in [0.15, 0.2) is 5.69 Å². The first-order valence-corrected chi connectivity index (χ1v) is 6.59. The zero-order chi connectivity index (χ0) is 14.3. The lowest BCUT2D eigenvalue weighted by molar-refractivity contribution is -0.121. The van der Waals surface area contributed by atoms with Crippen molar-refractivity contribution in [1.82, 2.24) is 20.3 Å². The fourth-order valence-electron chi connectivity index (χ4n) is 1.41. The zero-order valence-corrected chi connectivity index (χ0v) is 11.7. The zero-order valence-electron chi connectivity index (χ0n) is 11.0. The van der Waals surface area contributed by atoms with E-state index in [0.29, 0.717) is 12.2 Å². The summed E-state index contributed by atoms with van der Waals surface area (Å²) in [4.78, 5) is 23.2. The number of carbonyl (C=O) groups is 2. The van der Waals surface area contributed by atoms with Gasteiger partial charge in [0.25, 0.3) is 0 Å². The monoisotopic (exact) mass is 288 g/mol. The number of hydrogen-bond donors (Lipinski definition) is 1. The summed E-state index contributed by atoms with van der Waals surface area (Å²) >= 11 is 5.77. The quantitative estimate of drug-likeness (QED) is 0.590. The highest BCUT2D eigenvalue weighted by Gasteiger charge is 2.21. The Morgan fingerprint density at radius 3 is 2.74 bits per heavy atom. The van der Waals surface area contributed by atoms with Crippen molar-refractivity contribution in [3.8, 4) is 0 Å². The second-order valence-corrected chi connectivity index (χ2v) is 4.01. The van der Waals surface area contributed by atoms with Crippen molar-refractivity contribution in [2.24, 2.45) is 0 Å². The molecule has 0 unspecified atom stereocenters. The van der Waals surface area contributed by atoms with E-state index < -0.39 is 5.97 Å². The molecule has 0 spiro atoms. The van der Waals surface area contributed by atoms with Crippen LogP contribution in [-0.2, 0) is 22.0 Å². The highest BCUT2D eigenvalue weighted by Crippen LogP contribution is 2.10. The first-order chi connectivity index (χ1) is 9.13. The summed E-state index contributed by atoms with van der Waals surface area (Å²) < 4.78 is 6.15. The smallest absolute Gasteiger partial charge is 0.360 e. The van der Waals surface area contributed by atoms with E-state index in [2.05, 4.69) is 15.6 Å². The predicted molar refractivity (Wildman–Crippen MR) is 68.8 cm³/mol. The van der Waals surface area contributed by atoms with Gasteiger partial charge in [0, 0.05) is 6.54 Å². The Balaban J connectivity index is 2.79. The molecule has 0 fully saturated rings. The number of ether oxygens (including phenoxy) is 1. The maximum atomic E-state index is 11.6. The average molecular weight is 289 g/mol. The largest absolute Gasteiger partial charge is 0.461 e. The van der Waals surface area contributed by atoms with E-state index >= 15 is 0 Å². The normalized spacial score (nSPS) is 10.3. The summed E-state index contributed by atoms with van der Waals surface area (Å²) in [7, 11) is 0. The highest BCUT2D eigenvalue weighted by atomic mass is 35.5. The van der Waals surface area contributed by atoms with E-state index in [4.69, 9.17) is 16.3 Å². The van der Waals surface area contributed by atoms with Gasteiger partial charge >= 0.3 is 5.97 Å². The predicted octanol–water partition coefficient (Wildman–Crippen LogP) is 0.720. The Bertz CT molecular complexity index is 447. The van der Waals surface area contributed by atoms with Crippen LogP contribution in [0.1, 0.15) is 36.5 Å². The maximum absolute atomic E-state index is 11.6. The molecule has 106 valence electrons. The molecule has 19 heavy (non-hydrogen) atoms. The molecule has 0 saturated carbocycles. The summed E-state index contributed by atoms with van der Waals surface area (Å²) in [5, 5.41) is 10.2. The van der Waals surface area contributed by atoms with Crippen molar-refractivity contribution < 1.29 is 14.3 Å². The lowest BCUT2D eigenvalue weighted by atomic mass is 10.3. The van der Waals surface area contributed by atoms with Crippen LogP contribution in [-0.4, -0.2) is 40.0 Å². The number of nitrogens with one attached hydrogen (secondary N) is 1. The van der Waals surface area contributed by atoms with Gasteiger partial charge in [0.05, 0.1) is 18.2 Å². The van der Waals surface area contributed by atoms with Gasteiger partial charge in [-0.3, -0.25) is 4.79 Å². The van der Waals surface area contributed by atoms with Gasteiger partial charge in [0.1, 0.15) is 6.54 Å². The van der Waals surface area contributed by atoms with Crippen LogP contribution in [0.15, 0.2) is 0 Å². The minimum atomic E-state index is -0.585. The summed E-state index contributed by atoms with van der Waals surface area (Å²) in [6.07, 6.45) is 0.847. The highest BCUT2D eigenvalue weighted by molar-refractivity contribution is 6.17. The van der Waals surface area contributed by atoms with Gasteiger partial charge in [0.2, 0.25) is 5.91 Å². The van der Waals surface area contributed by atoms with Crippen LogP contribution in [0.5, 0.6) is 0 Å². The van der Waals surface area contributed by atoms with Crippen molar-refractivity contribution in [2.75, 3.05) is 13.2 Å². The number of rotatable bonds is 7. The first kappa shape index (κ1) is 15.4. The molecule has 1 aromatic heterocycles. The van der Waals surface area contributed by atoms with Gasteiger partial charge in [-0.15, -0.1) is 16.7 Å². The summed E-state index contributed by atoms with van der Waals surface area (Å²) in [6.45, 7) is 4.47. The van der Waals surface area contributed by atoms with Crippen molar-refractivity contribution >= 4 is 23.5 Å². The summed E-state index contributed by atoms with van der Waals surface area (Å²) in [6, 6.07) is 0. The fourth-order valence-corrected chi connectivity index (χ4v) is 1.67. The molecular formula is C11H17ClN4O3. The number of hydrogen-bond acceptors (Lipinski definition) is 5. The SMILES string of the molecule is CCCNC(=O)Cn1nnc(C(=O)OCC)c1CCl. The minimum Gasteiger partial charge on any atom is -0.461 e. The number of esters is 1. The van der Waals surface area contributed by atoms with Crippen LogP contribution in [0.4, 0.5) is 0 Å². The van der Waals surface area contributed by atoms with E-state index in [1.807, 2.05) is 6.92 Å². The van der Waals surface area contributed by atoms with E-state index in [0.717, 1.165) is 6.42 Å². The Kier molecular flexibility index (Phi) is 6.27. The molecule has 0 aliphatic rings. The lowest BCUT2D eigenvalue weighted by Gasteiger charge is -2.06. The lowest BCUT2D eigenvalue weighted by Crippen LogP contribution is -2.29. The van der Waals surface area contributed by atoms with Gasteiger partial charge in [-0.2, -0.15) is 0 Å². The number of aromatic nitrogens is 3. The van der Waals surface area contributed by atoms with E-state index in [-0.39, 0.29) is 30.6 Å². The number of alkyl halides is 1. The van der Waals surface area contributed by atoms with Crippen molar-refractivity contribution in [3.63, 3.8) is 0 Å². The Labute approximate surface area is 116 Å². The van der Waals surface area contributed by atoms with Crippen LogP contribution in [0, 0.1) is 0 Å². The van der Waals surface area contributed by atoms with Crippen molar-refractivity contribution in [2.45, 2.75) is 32.7 Å². The Hall–Kier alpha value is -1.63. The van der Waals surface area contributed by atoms with E-state index in [1.165, 1.54) is 4.68 Å². The number of nitrogens with zero attached hydrogens (tertiary/aromatic N) is 3. The third-order valence-electron chi connectivity index (χ3n) is 2.30. The second kappa shape index (κ2) is 7.73. The molecule has 1 amide bonds. The molecule has 0 aliphatic carbocycles. The molecule has 0 aromatic carbocycles. The Morgan fingerprint density at radius 1 is 1.42 bits per heavy atom. The molecule has 0 radical (unpaired) electrons. The molecule has 1 N–H and O–H groups in total. The average Bonchev–Trinajstić information content (AvgIpc) is 2.79. The maximum Gasteiger partial charge on any atom is 0.360 e. The Morgan fingerprint density at radius 2 is 2.16 bits per heavy atom. The molecule has 0 aliphatic heterocycles. The standard InChI is InChI=1S/C11H17ClN4O3/c1-3-5-13-9(17)7-16-8(6-12)10(14-15-16)11(18)19-4-2/h3-7H2,1-2H3,(H,13,17). The van der Waals surface area contributed by atoms with Crippen molar-refractivity contribution in [3.05, 3.63) is 11.4 Å². The van der Waals surface area contributed by atoms with Gasteiger partial charge in [-0.1, -0.05) is 12.1 Å². The molecule has 7 nitrogen and oxygen atoms in total. The molecular weight excluding hydrogens is 272 g/mol. The molecule has 1 aromatic rings. The number of amides is 1. The third kappa shape index (κ3) is 4.20. The van der Waals surface area contributed by atoms with Crippen LogP contribution in [0.3, 0.4) is 0 Å². The van der Waals surface area contributed by atoms with E-state index in [1.54, 1.807) is 6.92 Å². The second-order valence-electron chi connectivity index (χ2n) is 3.75. The van der Waals surface area contributed by atoms with Crippen LogP contribution in [0.25, 0.3) is 0 Å². The molecule has 1 heterocycles. The van der Waals surface area contributed by atoms with Gasteiger partial charge in [-0.25, -0.2) is 9.48 Å². The van der Waals surface area contributed by atoms with Gasteiger partial charge in [-0.05, 0) is 13.3 Å². The molecule has 0 atom stereocenters. The number of carbonyl (C=O) groups excluding carboxylic acids is 2. The van der Waals surface area contributed by atoms with Gasteiger partial charge < -0.3 is 10.1 Å². The number of halogens is 1. The first-order valence-electron chi connectivity index (χ1n) is 6.06. The van der Waals surface area contributed by atoms with Crippen LogP contribution < -0.4 is 5.32 Å². The topological polar surface area (TPSA) is 86.1 Å². The molecule has 0 bridgehead atoms. The molecule has 0 saturated heterocycles. The fraction of sp³-hybridized carbons (Fsp3) is 0.636. The minimum absolute atomic E-state index is 0.0194. The summed E-state index contributed by atoms with van der Waals surface area (Å²) in [5.41, 5.74) is 0.437. The summed E-state index contributed by atoms with van der Waals surface area (Å²) in [5.74, 6) is -0.755. The van der Waals surface area contributed by atoms with E-state index in [9.17, 15) is 9.59 Å².